The molecule has 0 aliphatic rings. The van der Waals surface area contributed by atoms with E-state index in [9.17, 15) is 9.59 Å². The number of rotatable bonds is 8. The predicted octanol–water partition coefficient (Wildman–Crippen LogP) is 5.04. The zero-order valence-corrected chi connectivity index (χ0v) is 18.4. The molecule has 0 fully saturated rings. The maximum absolute atomic E-state index is 13.5. The van der Waals surface area contributed by atoms with Crippen LogP contribution in [0.15, 0.2) is 72.8 Å². The zero-order valence-electron chi connectivity index (χ0n) is 18.4. The molecule has 0 amide bonds. The number of ketones is 2. The molecule has 0 radical (unpaired) electrons. The Hall–Kier alpha value is -4.37. The Morgan fingerprint density at radius 1 is 0.970 bits per heavy atom. The molecule has 1 heterocycles. The summed E-state index contributed by atoms with van der Waals surface area (Å²) in [6.07, 6.45) is -0.201. The Morgan fingerprint density at radius 2 is 1.67 bits per heavy atom. The molecule has 6 nitrogen and oxygen atoms in total. The number of fused-ring (bicyclic) bond motifs is 1. The highest BCUT2D eigenvalue weighted by Crippen LogP contribution is 2.34. The molecular weight excluding hydrogens is 416 g/mol. The van der Waals surface area contributed by atoms with Crippen LogP contribution in [-0.2, 0) is 4.79 Å². The first-order valence-corrected chi connectivity index (χ1v) is 10.4. The SMILES string of the molecule is COc1ccc(-n2c(C)c(C(=O)c3ccccc3)c3cc(OCC(=O)CC#N)ccc32)cc1. The number of hydrogen-bond acceptors (Lipinski definition) is 5. The zero-order chi connectivity index (χ0) is 23.4. The number of carbonyl (C=O) groups is 2. The first-order valence-electron chi connectivity index (χ1n) is 10.4. The molecule has 1 aromatic heterocycles. The van der Waals surface area contributed by atoms with Crippen LogP contribution in [-0.4, -0.2) is 29.9 Å². The van der Waals surface area contributed by atoms with E-state index in [-0.39, 0.29) is 24.6 Å². The molecule has 4 rings (SSSR count). The van der Waals surface area contributed by atoms with Crippen LogP contribution in [0, 0.1) is 18.3 Å². The van der Waals surface area contributed by atoms with Crippen molar-refractivity contribution in [2.75, 3.05) is 13.7 Å². The fourth-order valence-corrected chi connectivity index (χ4v) is 3.88. The molecular formula is C27H22N2O4. The first-order chi connectivity index (χ1) is 16.0. The van der Waals surface area contributed by atoms with E-state index in [1.165, 1.54) is 0 Å². The molecule has 0 saturated carbocycles. The molecule has 4 aromatic rings. The number of aromatic nitrogens is 1. The van der Waals surface area contributed by atoms with Crippen LogP contribution in [0.25, 0.3) is 16.6 Å². The van der Waals surface area contributed by atoms with Gasteiger partial charge in [0.2, 0.25) is 0 Å². The number of nitriles is 1. The van der Waals surface area contributed by atoms with Crippen LogP contribution in [0.4, 0.5) is 0 Å². The minimum absolute atomic E-state index is 0.0944. The summed E-state index contributed by atoms with van der Waals surface area (Å²) in [7, 11) is 1.62. The van der Waals surface area contributed by atoms with Gasteiger partial charge >= 0.3 is 0 Å². The van der Waals surface area contributed by atoms with Crippen molar-refractivity contribution in [2.45, 2.75) is 13.3 Å². The van der Waals surface area contributed by atoms with Crippen molar-refractivity contribution in [2.24, 2.45) is 0 Å². The molecule has 6 heteroatoms. The maximum Gasteiger partial charge on any atom is 0.195 e. The third-order valence-electron chi connectivity index (χ3n) is 5.45. The van der Waals surface area contributed by atoms with Gasteiger partial charge in [0.1, 0.15) is 18.1 Å². The largest absolute Gasteiger partial charge is 0.497 e. The monoisotopic (exact) mass is 438 g/mol. The number of hydrogen-bond donors (Lipinski definition) is 0. The number of methoxy groups -OCH3 is 1. The van der Waals surface area contributed by atoms with E-state index in [1.807, 2.05) is 66.1 Å². The summed E-state index contributed by atoms with van der Waals surface area (Å²) < 4.78 is 12.9. The molecule has 33 heavy (non-hydrogen) atoms. The van der Waals surface area contributed by atoms with E-state index in [1.54, 1.807) is 31.4 Å². The van der Waals surface area contributed by atoms with Gasteiger partial charge in [0.05, 0.1) is 30.7 Å². The van der Waals surface area contributed by atoms with Gasteiger partial charge in [-0.15, -0.1) is 0 Å². The van der Waals surface area contributed by atoms with Crippen LogP contribution in [0.2, 0.25) is 0 Å². The van der Waals surface area contributed by atoms with E-state index in [2.05, 4.69) is 0 Å². The molecule has 0 N–H and O–H groups in total. The normalized spacial score (nSPS) is 10.6. The third-order valence-corrected chi connectivity index (χ3v) is 5.45. The summed E-state index contributed by atoms with van der Waals surface area (Å²) in [4.78, 5) is 25.2. The summed E-state index contributed by atoms with van der Waals surface area (Å²) in [6.45, 7) is 1.72. The molecule has 0 saturated heterocycles. The second-order valence-electron chi connectivity index (χ2n) is 7.53. The number of nitrogens with zero attached hydrogens (tertiary/aromatic N) is 2. The molecule has 0 atom stereocenters. The Bertz CT molecular complexity index is 1360. The van der Waals surface area contributed by atoms with Gasteiger partial charge in [-0.1, -0.05) is 30.3 Å². The minimum atomic E-state index is -0.301. The highest BCUT2D eigenvalue weighted by atomic mass is 16.5. The van der Waals surface area contributed by atoms with Gasteiger partial charge in [0, 0.05) is 22.3 Å². The fourth-order valence-electron chi connectivity index (χ4n) is 3.88. The number of benzene rings is 3. The van der Waals surface area contributed by atoms with E-state index >= 15 is 0 Å². The van der Waals surface area contributed by atoms with Gasteiger partial charge in [-0.25, -0.2) is 0 Å². The van der Waals surface area contributed by atoms with E-state index in [0.29, 0.717) is 16.9 Å². The van der Waals surface area contributed by atoms with Crippen LogP contribution < -0.4 is 9.47 Å². The highest BCUT2D eigenvalue weighted by Gasteiger charge is 2.22. The lowest BCUT2D eigenvalue weighted by Crippen LogP contribution is -2.10. The summed E-state index contributed by atoms with van der Waals surface area (Å²) in [5.41, 5.74) is 3.68. The molecule has 0 unspecified atom stereocenters. The van der Waals surface area contributed by atoms with Gasteiger partial charge in [0.15, 0.2) is 11.6 Å². The van der Waals surface area contributed by atoms with E-state index in [0.717, 1.165) is 28.0 Å². The predicted molar refractivity (Wildman–Crippen MR) is 125 cm³/mol. The van der Waals surface area contributed by atoms with Crippen molar-refractivity contribution in [1.82, 2.24) is 4.57 Å². The smallest absolute Gasteiger partial charge is 0.195 e. The first kappa shape index (κ1) is 21.8. The molecule has 164 valence electrons. The van der Waals surface area contributed by atoms with Gasteiger partial charge in [-0.2, -0.15) is 5.26 Å². The van der Waals surface area contributed by atoms with Crippen molar-refractivity contribution in [3.63, 3.8) is 0 Å². The Labute approximate surface area is 191 Å². The summed E-state index contributed by atoms with van der Waals surface area (Å²) in [5.74, 6) is 0.808. The second kappa shape index (κ2) is 9.41. The molecule has 0 spiro atoms. The Morgan fingerprint density at radius 3 is 2.33 bits per heavy atom. The topological polar surface area (TPSA) is 81.3 Å². The quantitative estimate of drug-likeness (QED) is 0.360. The number of ether oxygens (including phenoxy) is 2. The van der Waals surface area contributed by atoms with Crippen LogP contribution in [0.3, 0.4) is 0 Å². The van der Waals surface area contributed by atoms with Gasteiger partial charge in [-0.3, -0.25) is 9.59 Å². The summed E-state index contributed by atoms with van der Waals surface area (Å²) >= 11 is 0. The average Bonchev–Trinajstić information content (AvgIpc) is 3.14. The van der Waals surface area contributed by atoms with Gasteiger partial charge < -0.3 is 14.0 Å². The fraction of sp³-hybridized carbons (Fsp3) is 0.148. The average molecular weight is 438 g/mol. The summed E-state index contributed by atoms with van der Waals surface area (Å²) in [5, 5.41) is 9.41. The maximum atomic E-state index is 13.5. The van der Waals surface area contributed by atoms with Gasteiger partial charge in [0.25, 0.3) is 0 Å². The summed E-state index contributed by atoms with van der Waals surface area (Å²) in [6, 6.07) is 24.0. The number of Topliss-reactive ketones (excluding diaryl/α,β-unsaturated/α-hetero) is 1. The van der Waals surface area contributed by atoms with E-state index in [4.69, 9.17) is 14.7 Å². The number of carbonyl (C=O) groups excluding carboxylic acids is 2. The standard InChI is InChI=1S/C27H22N2O4/c1-18-26(27(31)19-6-4-3-5-7-19)24-16-23(33-17-21(30)14-15-28)12-13-25(24)29(18)20-8-10-22(32-2)11-9-20/h3-13,16H,14,17H2,1-2H3. The van der Waals surface area contributed by atoms with Crippen molar-refractivity contribution in [3.8, 4) is 23.3 Å². The second-order valence-corrected chi connectivity index (χ2v) is 7.53. The lowest BCUT2D eigenvalue weighted by Gasteiger charge is -2.10. The van der Waals surface area contributed by atoms with Crippen LogP contribution in [0.5, 0.6) is 11.5 Å². The van der Waals surface area contributed by atoms with Crippen molar-refractivity contribution >= 4 is 22.5 Å². The molecule has 0 aliphatic carbocycles. The highest BCUT2D eigenvalue weighted by molar-refractivity contribution is 6.18. The molecule has 0 bridgehead atoms. The minimum Gasteiger partial charge on any atom is -0.497 e. The van der Waals surface area contributed by atoms with Crippen molar-refractivity contribution < 1.29 is 19.1 Å². The Balaban J connectivity index is 1.86. The molecule has 0 aliphatic heterocycles. The van der Waals surface area contributed by atoms with Crippen LogP contribution in [0.1, 0.15) is 28.0 Å². The lowest BCUT2D eigenvalue weighted by atomic mass is 10.0. The van der Waals surface area contributed by atoms with Gasteiger partial charge in [-0.05, 0) is 49.4 Å². The third kappa shape index (κ3) is 4.35. The molecule has 3 aromatic carbocycles. The van der Waals surface area contributed by atoms with Crippen molar-refractivity contribution in [3.05, 3.63) is 89.6 Å². The lowest BCUT2D eigenvalue weighted by molar-refractivity contribution is -0.120. The van der Waals surface area contributed by atoms with Crippen molar-refractivity contribution in [1.29, 1.82) is 5.26 Å². The van der Waals surface area contributed by atoms with Crippen LogP contribution >= 0.6 is 0 Å². The Kier molecular flexibility index (Phi) is 6.23. The van der Waals surface area contributed by atoms with E-state index < -0.39 is 0 Å².